The van der Waals surface area contributed by atoms with Gasteiger partial charge in [0.05, 0.1) is 0 Å². The normalized spacial score (nSPS) is 26.7. The number of hydrogen-bond donors (Lipinski definition) is 3. The summed E-state index contributed by atoms with van der Waals surface area (Å²) in [5.74, 6) is -0.000998. The quantitative estimate of drug-likeness (QED) is 0.308. The number of likely N-dealkylation sites (tertiary alicyclic amines) is 1. The molecule has 2 rings (SSSR count). The molecule has 1 heterocycles. The number of rotatable bonds is 5. The molecule has 1 aliphatic heterocycles. The highest BCUT2D eigenvalue weighted by Gasteiger charge is 2.44. The third-order valence-electron chi connectivity index (χ3n) is 5.14. The summed E-state index contributed by atoms with van der Waals surface area (Å²) in [6, 6.07) is 0.423. The van der Waals surface area contributed by atoms with Crippen molar-refractivity contribution in [3.05, 3.63) is 0 Å². The molecule has 4 N–H and O–H groups in total. The predicted octanol–water partition coefficient (Wildman–Crippen LogP) is 1.28. The largest absolute Gasteiger partial charge is 0.409 e. The summed E-state index contributed by atoms with van der Waals surface area (Å²) in [5, 5.41) is 15.2. The first-order valence-electron chi connectivity index (χ1n) is 8.14. The Bertz CT molecular complexity index is 391. The number of amidine groups is 1. The predicted molar refractivity (Wildman–Crippen MR) is 82.2 cm³/mol. The number of carbonyl (C=O) groups is 1. The van der Waals surface area contributed by atoms with Crippen molar-refractivity contribution in [2.45, 2.75) is 57.9 Å². The fourth-order valence-corrected chi connectivity index (χ4v) is 3.77. The van der Waals surface area contributed by atoms with E-state index in [1.807, 2.05) is 0 Å². The zero-order valence-corrected chi connectivity index (χ0v) is 13.0. The minimum atomic E-state index is -0.803. The molecule has 6 nitrogen and oxygen atoms in total. The van der Waals surface area contributed by atoms with E-state index < -0.39 is 5.41 Å². The monoisotopic (exact) mass is 296 g/mol. The summed E-state index contributed by atoms with van der Waals surface area (Å²) in [5.41, 5.74) is 5.05. The Balaban J connectivity index is 1.99. The number of nitrogens with one attached hydrogen (secondary N) is 1. The fraction of sp³-hybridized carbons (Fsp3) is 0.867. The minimum Gasteiger partial charge on any atom is -0.409 e. The van der Waals surface area contributed by atoms with Gasteiger partial charge in [-0.1, -0.05) is 31.3 Å². The Hall–Kier alpha value is -1.30. The third-order valence-corrected chi connectivity index (χ3v) is 5.14. The van der Waals surface area contributed by atoms with Crippen LogP contribution in [0.1, 0.15) is 51.9 Å². The van der Waals surface area contributed by atoms with Gasteiger partial charge in [-0.05, 0) is 38.8 Å². The Labute approximate surface area is 126 Å². The molecule has 21 heavy (non-hydrogen) atoms. The minimum absolute atomic E-state index is 0.0680. The van der Waals surface area contributed by atoms with Crippen LogP contribution in [0, 0.1) is 5.41 Å². The number of hydrogen-bond acceptors (Lipinski definition) is 4. The first kappa shape index (κ1) is 16.1. The molecule has 0 spiro atoms. The van der Waals surface area contributed by atoms with Crippen molar-refractivity contribution in [2.24, 2.45) is 16.3 Å². The van der Waals surface area contributed by atoms with Gasteiger partial charge in [0.2, 0.25) is 5.91 Å². The van der Waals surface area contributed by atoms with Crippen LogP contribution in [0.25, 0.3) is 0 Å². The molecule has 0 aromatic carbocycles. The van der Waals surface area contributed by atoms with Gasteiger partial charge in [0, 0.05) is 12.6 Å². The molecule has 2 aliphatic rings. The first-order valence-corrected chi connectivity index (χ1v) is 8.14. The molecular formula is C15H28N4O2. The third kappa shape index (κ3) is 3.31. The van der Waals surface area contributed by atoms with Crippen LogP contribution in [-0.4, -0.2) is 47.5 Å². The number of likely N-dealkylation sites (N-methyl/N-ethyl adjacent to an activating group) is 1. The summed E-state index contributed by atoms with van der Waals surface area (Å²) in [6.07, 6.45) is 6.69. The Morgan fingerprint density at radius 2 is 2.10 bits per heavy atom. The molecule has 120 valence electrons. The zero-order valence-electron chi connectivity index (χ0n) is 13.0. The van der Waals surface area contributed by atoms with Gasteiger partial charge in [0.25, 0.3) is 0 Å². The molecule has 0 aromatic rings. The van der Waals surface area contributed by atoms with Crippen molar-refractivity contribution >= 4 is 11.7 Å². The van der Waals surface area contributed by atoms with Crippen LogP contribution >= 0.6 is 0 Å². The number of nitrogens with two attached hydrogens (primary N) is 1. The van der Waals surface area contributed by atoms with Crippen molar-refractivity contribution in [2.75, 3.05) is 19.6 Å². The van der Waals surface area contributed by atoms with Gasteiger partial charge in [0.15, 0.2) is 5.84 Å². The number of oxime groups is 1. The Morgan fingerprint density at radius 1 is 1.38 bits per heavy atom. The van der Waals surface area contributed by atoms with Crippen LogP contribution in [0.2, 0.25) is 0 Å². The molecule has 1 atom stereocenters. The van der Waals surface area contributed by atoms with Gasteiger partial charge in [-0.25, -0.2) is 0 Å². The second-order valence-electron chi connectivity index (χ2n) is 6.26. The lowest BCUT2D eigenvalue weighted by Crippen LogP contribution is -2.53. The van der Waals surface area contributed by atoms with Crippen molar-refractivity contribution in [1.29, 1.82) is 0 Å². The van der Waals surface area contributed by atoms with Crippen molar-refractivity contribution in [3.8, 4) is 0 Å². The Morgan fingerprint density at radius 3 is 2.71 bits per heavy atom. The molecule has 0 aromatic heterocycles. The van der Waals surface area contributed by atoms with Crippen molar-refractivity contribution in [1.82, 2.24) is 10.2 Å². The molecule has 1 unspecified atom stereocenters. The van der Waals surface area contributed by atoms with Crippen LogP contribution in [0.15, 0.2) is 5.16 Å². The van der Waals surface area contributed by atoms with E-state index in [0.29, 0.717) is 25.4 Å². The number of amides is 1. The second-order valence-corrected chi connectivity index (χ2v) is 6.26. The van der Waals surface area contributed by atoms with E-state index in [4.69, 9.17) is 10.9 Å². The average Bonchev–Trinajstić information content (AvgIpc) is 2.99. The average molecular weight is 296 g/mol. The van der Waals surface area contributed by atoms with Crippen LogP contribution in [-0.2, 0) is 4.79 Å². The first-order chi connectivity index (χ1) is 10.1. The molecule has 0 radical (unpaired) electrons. The van der Waals surface area contributed by atoms with Gasteiger partial charge >= 0.3 is 0 Å². The van der Waals surface area contributed by atoms with Gasteiger partial charge in [-0.15, -0.1) is 0 Å². The SMILES string of the molecule is CCN1CCCC1CNC(=O)C1(C(N)=NO)CCCCC1. The molecule has 2 fully saturated rings. The maximum absolute atomic E-state index is 12.7. The fourth-order valence-electron chi connectivity index (χ4n) is 3.77. The smallest absolute Gasteiger partial charge is 0.234 e. The van der Waals surface area contributed by atoms with E-state index in [1.54, 1.807) is 0 Å². The van der Waals surface area contributed by atoms with E-state index in [9.17, 15) is 4.79 Å². The molecule has 6 heteroatoms. The lowest BCUT2D eigenvalue weighted by molar-refractivity contribution is -0.129. The molecular weight excluding hydrogens is 268 g/mol. The topological polar surface area (TPSA) is 91.0 Å². The number of nitrogens with zero attached hydrogens (tertiary/aromatic N) is 2. The van der Waals surface area contributed by atoms with Crippen LogP contribution in [0.5, 0.6) is 0 Å². The van der Waals surface area contributed by atoms with E-state index in [0.717, 1.165) is 38.8 Å². The van der Waals surface area contributed by atoms with Gasteiger partial charge < -0.3 is 16.3 Å². The lowest BCUT2D eigenvalue weighted by Gasteiger charge is -2.35. The van der Waals surface area contributed by atoms with Gasteiger partial charge in [-0.2, -0.15) is 0 Å². The molecule has 1 saturated heterocycles. The highest BCUT2D eigenvalue weighted by molar-refractivity contribution is 6.06. The van der Waals surface area contributed by atoms with Gasteiger partial charge in [-0.3, -0.25) is 9.69 Å². The van der Waals surface area contributed by atoms with E-state index >= 15 is 0 Å². The maximum Gasteiger partial charge on any atom is 0.234 e. The van der Waals surface area contributed by atoms with Crippen LogP contribution < -0.4 is 11.1 Å². The molecule has 1 aliphatic carbocycles. The maximum atomic E-state index is 12.7. The van der Waals surface area contributed by atoms with E-state index in [2.05, 4.69) is 22.3 Å². The highest BCUT2D eigenvalue weighted by atomic mass is 16.4. The summed E-state index contributed by atoms with van der Waals surface area (Å²) in [7, 11) is 0. The van der Waals surface area contributed by atoms with E-state index in [1.165, 1.54) is 6.42 Å². The lowest BCUT2D eigenvalue weighted by atomic mass is 9.72. The summed E-state index contributed by atoms with van der Waals surface area (Å²) >= 11 is 0. The highest BCUT2D eigenvalue weighted by Crippen LogP contribution is 2.37. The molecule has 1 saturated carbocycles. The summed E-state index contributed by atoms with van der Waals surface area (Å²) in [4.78, 5) is 15.1. The Kier molecular flexibility index (Phi) is 5.45. The van der Waals surface area contributed by atoms with Gasteiger partial charge in [0.1, 0.15) is 5.41 Å². The van der Waals surface area contributed by atoms with Crippen molar-refractivity contribution in [3.63, 3.8) is 0 Å². The summed E-state index contributed by atoms with van der Waals surface area (Å²) < 4.78 is 0. The summed E-state index contributed by atoms with van der Waals surface area (Å²) in [6.45, 7) is 4.95. The van der Waals surface area contributed by atoms with Crippen LogP contribution in [0.4, 0.5) is 0 Å². The zero-order chi connectivity index (χ0) is 15.3. The number of carbonyl (C=O) groups excluding carboxylic acids is 1. The molecule has 0 bridgehead atoms. The van der Waals surface area contributed by atoms with Crippen LogP contribution in [0.3, 0.4) is 0 Å². The standard InChI is InChI=1S/C15H28N4O2/c1-2-19-10-6-7-12(19)11-17-14(20)15(13(16)18-21)8-4-3-5-9-15/h12,21H,2-11H2,1H3,(H2,16,18)(H,17,20). The molecule has 1 amide bonds. The van der Waals surface area contributed by atoms with Crippen molar-refractivity contribution < 1.29 is 10.0 Å². The van der Waals surface area contributed by atoms with E-state index in [-0.39, 0.29) is 11.7 Å². The second kappa shape index (κ2) is 7.11.